The fraction of sp³-hybridized carbons (Fsp3) is 0.316. The molecule has 3 rings (SSSR count). The number of hydrogen-bond acceptors (Lipinski definition) is 8. The average molecular weight is 414 g/mol. The van der Waals surface area contributed by atoms with Gasteiger partial charge in [-0.2, -0.15) is 5.26 Å². The Morgan fingerprint density at radius 2 is 2.14 bits per heavy atom. The second-order valence-electron chi connectivity index (χ2n) is 5.99. The maximum absolute atomic E-state index is 13.0. The van der Waals surface area contributed by atoms with Crippen molar-refractivity contribution in [3.63, 3.8) is 0 Å². The minimum Gasteiger partial charge on any atom is -0.416 e. The molecule has 7 nitrogen and oxygen atoms in total. The van der Waals surface area contributed by atoms with Crippen molar-refractivity contribution in [1.82, 2.24) is 15.2 Å². The van der Waals surface area contributed by atoms with Crippen LogP contribution in [0.25, 0.3) is 0 Å². The number of thiazole rings is 1. The maximum Gasteiger partial charge on any atom is 0.277 e. The van der Waals surface area contributed by atoms with E-state index in [9.17, 15) is 4.79 Å². The van der Waals surface area contributed by atoms with Gasteiger partial charge in [-0.25, -0.2) is 4.98 Å². The number of aryl methyl sites for hydroxylation is 1. The number of hydrogen-bond donors (Lipinski definition) is 0. The molecule has 2 heterocycles. The summed E-state index contributed by atoms with van der Waals surface area (Å²) in [4.78, 5) is 19.0. The number of para-hydroxylation sites is 1. The number of nitrogens with zero attached hydrogens (tertiary/aromatic N) is 5. The predicted molar refractivity (Wildman–Crippen MR) is 108 cm³/mol. The molecule has 0 aliphatic carbocycles. The zero-order valence-electron chi connectivity index (χ0n) is 15.5. The lowest BCUT2D eigenvalue weighted by Crippen LogP contribution is -2.37. The Hall–Kier alpha value is -2.70. The molecule has 0 spiro atoms. The van der Waals surface area contributed by atoms with Gasteiger partial charge in [0.25, 0.3) is 5.22 Å². The molecule has 0 aliphatic rings. The molecular weight excluding hydrogens is 394 g/mol. The third kappa shape index (κ3) is 5.18. The van der Waals surface area contributed by atoms with Gasteiger partial charge in [0.1, 0.15) is 0 Å². The highest BCUT2D eigenvalue weighted by atomic mass is 32.2. The molecule has 3 aromatic rings. The van der Waals surface area contributed by atoms with Crippen LogP contribution in [0, 0.1) is 18.3 Å². The lowest BCUT2D eigenvalue weighted by atomic mass is 10.2. The standard InChI is InChI=1S/C19H19N5O2S2/c1-13(18(25)24(10-6-9-20)16-7-4-3-5-8-16)28-19-23-22-17(26-19)11-15-12-27-14(2)21-15/h3-5,7-8,12-13H,6,10-11H2,1-2H3. The second kappa shape index (κ2) is 9.48. The normalized spacial score (nSPS) is 11.8. The molecule has 1 atom stereocenters. The first kappa shape index (κ1) is 20.0. The van der Waals surface area contributed by atoms with Crippen LogP contribution >= 0.6 is 23.1 Å². The van der Waals surface area contributed by atoms with E-state index >= 15 is 0 Å². The lowest BCUT2D eigenvalue weighted by Gasteiger charge is -2.24. The zero-order valence-corrected chi connectivity index (χ0v) is 17.2. The number of carbonyl (C=O) groups excluding carboxylic acids is 1. The molecule has 0 radical (unpaired) electrons. The van der Waals surface area contributed by atoms with Gasteiger partial charge >= 0.3 is 0 Å². The molecule has 0 saturated heterocycles. The molecule has 144 valence electrons. The van der Waals surface area contributed by atoms with Crippen LogP contribution in [0.4, 0.5) is 5.69 Å². The van der Waals surface area contributed by atoms with Gasteiger partial charge in [-0.05, 0) is 26.0 Å². The van der Waals surface area contributed by atoms with E-state index in [1.54, 1.807) is 23.2 Å². The molecule has 0 saturated carbocycles. The molecule has 0 fully saturated rings. The summed E-state index contributed by atoms with van der Waals surface area (Å²) in [6.07, 6.45) is 0.730. The SMILES string of the molecule is Cc1nc(Cc2nnc(SC(C)C(=O)N(CCC#N)c3ccccc3)o2)cs1. The van der Waals surface area contributed by atoms with E-state index in [0.29, 0.717) is 24.1 Å². The van der Waals surface area contributed by atoms with Crippen molar-refractivity contribution in [2.45, 2.75) is 37.2 Å². The maximum atomic E-state index is 13.0. The number of carbonyl (C=O) groups is 1. The molecule has 1 aromatic carbocycles. The predicted octanol–water partition coefficient (Wildman–Crippen LogP) is 3.85. The van der Waals surface area contributed by atoms with Crippen molar-refractivity contribution in [1.29, 1.82) is 5.26 Å². The summed E-state index contributed by atoms with van der Waals surface area (Å²) in [5.74, 6) is 0.359. The van der Waals surface area contributed by atoms with Crippen LogP contribution in [0.2, 0.25) is 0 Å². The van der Waals surface area contributed by atoms with Crippen molar-refractivity contribution in [2.24, 2.45) is 0 Å². The molecule has 2 aromatic heterocycles. The Morgan fingerprint density at radius 1 is 1.36 bits per heavy atom. The van der Waals surface area contributed by atoms with Gasteiger partial charge in [0.2, 0.25) is 11.8 Å². The van der Waals surface area contributed by atoms with Gasteiger partial charge in [-0.1, -0.05) is 30.0 Å². The van der Waals surface area contributed by atoms with Crippen LogP contribution in [0.3, 0.4) is 0 Å². The minimum absolute atomic E-state index is 0.110. The van der Waals surface area contributed by atoms with Crippen molar-refractivity contribution in [3.05, 3.63) is 52.3 Å². The van der Waals surface area contributed by atoms with Crippen molar-refractivity contribution < 1.29 is 9.21 Å². The number of nitriles is 1. The van der Waals surface area contributed by atoms with Gasteiger partial charge in [0, 0.05) is 17.6 Å². The van der Waals surface area contributed by atoms with E-state index in [1.165, 1.54) is 11.8 Å². The van der Waals surface area contributed by atoms with Crippen LogP contribution in [0.1, 0.15) is 29.9 Å². The molecule has 0 N–H and O–H groups in total. The second-order valence-corrected chi connectivity index (χ2v) is 8.34. The van der Waals surface area contributed by atoms with Gasteiger partial charge in [-0.3, -0.25) is 4.79 Å². The fourth-order valence-corrected chi connectivity index (χ4v) is 3.93. The summed E-state index contributed by atoms with van der Waals surface area (Å²) in [5, 5.41) is 19.9. The van der Waals surface area contributed by atoms with Gasteiger partial charge in [0.05, 0.1) is 34.9 Å². The first-order valence-electron chi connectivity index (χ1n) is 8.70. The molecule has 0 bridgehead atoms. The highest BCUT2D eigenvalue weighted by Crippen LogP contribution is 2.26. The average Bonchev–Trinajstić information content (AvgIpc) is 3.31. The third-order valence-electron chi connectivity index (χ3n) is 3.85. The lowest BCUT2D eigenvalue weighted by molar-refractivity contribution is -0.117. The van der Waals surface area contributed by atoms with Crippen molar-refractivity contribution in [2.75, 3.05) is 11.4 Å². The molecular formula is C19H19N5O2S2. The van der Waals surface area contributed by atoms with Crippen molar-refractivity contribution >= 4 is 34.7 Å². The third-order valence-corrected chi connectivity index (χ3v) is 5.60. The highest BCUT2D eigenvalue weighted by molar-refractivity contribution is 8.00. The Balaban J connectivity index is 1.66. The van der Waals surface area contributed by atoms with E-state index in [1.807, 2.05) is 42.6 Å². The van der Waals surface area contributed by atoms with E-state index < -0.39 is 5.25 Å². The summed E-state index contributed by atoms with van der Waals surface area (Å²) in [5.41, 5.74) is 1.65. The molecule has 1 unspecified atom stereocenters. The van der Waals surface area contributed by atoms with Crippen LogP contribution in [0.15, 0.2) is 45.4 Å². The Bertz CT molecular complexity index is 964. The largest absolute Gasteiger partial charge is 0.416 e. The smallest absolute Gasteiger partial charge is 0.277 e. The van der Waals surface area contributed by atoms with Crippen molar-refractivity contribution in [3.8, 4) is 6.07 Å². The number of rotatable bonds is 8. The van der Waals surface area contributed by atoms with E-state index in [2.05, 4.69) is 21.3 Å². The number of anilines is 1. The summed E-state index contributed by atoms with van der Waals surface area (Å²) < 4.78 is 5.67. The van der Waals surface area contributed by atoms with Crippen LogP contribution in [-0.4, -0.2) is 32.9 Å². The molecule has 28 heavy (non-hydrogen) atoms. The monoisotopic (exact) mass is 413 g/mol. The Labute approximate surface area is 171 Å². The van der Waals surface area contributed by atoms with Crippen LogP contribution in [0.5, 0.6) is 0 Å². The number of aromatic nitrogens is 3. The first-order valence-corrected chi connectivity index (χ1v) is 10.5. The zero-order chi connectivity index (χ0) is 19.9. The fourth-order valence-electron chi connectivity index (χ4n) is 2.56. The number of thioether (sulfide) groups is 1. The summed E-state index contributed by atoms with van der Waals surface area (Å²) >= 11 is 2.79. The van der Waals surface area contributed by atoms with E-state index in [4.69, 9.17) is 9.68 Å². The summed E-state index contributed by atoms with van der Waals surface area (Å²) in [6.45, 7) is 4.08. The number of benzene rings is 1. The topological polar surface area (TPSA) is 95.9 Å². The summed E-state index contributed by atoms with van der Waals surface area (Å²) in [7, 11) is 0. The molecule has 1 amide bonds. The van der Waals surface area contributed by atoms with Gasteiger partial charge in [0.15, 0.2) is 0 Å². The first-order chi connectivity index (χ1) is 13.6. The highest BCUT2D eigenvalue weighted by Gasteiger charge is 2.24. The van der Waals surface area contributed by atoms with Crippen LogP contribution in [-0.2, 0) is 11.2 Å². The molecule has 0 aliphatic heterocycles. The molecule has 9 heteroatoms. The Morgan fingerprint density at radius 3 is 2.82 bits per heavy atom. The van der Waals surface area contributed by atoms with E-state index in [-0.39, 0.29) is 12.3 Å². The Kier molecular flexibility index (Phi) is 6.79. The summed E-state index contributed by atoms with van der Waals surface area (Å²) in [6, 6.07) is 11.4. The van der Waals surface area contributed by atoms with Gasteiger partial charge < -0.3 is 9.32 Å². The van der Waals surface area contributed by atoms with E-state index in [0.717, 1.165) is 16.4 Å². The van der Waals surface area contributed by atoms with Gasteiger partial charge in [-0.15, -0.1) is 21.5 Å². The quantitative estimate of drug-likeness (QED) is 0.517. The number of amides is 1. The minimum atomic E-state index is -0.436. The van der Waals surface area contributed by atoms with Crippen LogP contribution < -0.4 is 4.90 Å².